The molecule has 0 aromatic carbocycles. The Morgan fingerprint density at radius 3 is 2.81 bits per heavy atom. The van der Waals surface area contributed by atoms with Gasteiger partial charge in [0.25, 0.3) is 0 Å². The van der Waals surface area contributed by atoms with Gasteiger partial charge in [0, 0.05) is 30.8 Å². The maximum atomic E-state index is 14.7. The zero-order valence-electron chi connectivity index (χ0n) is 17.6. The standard InChI is InChI=1S/C22H22FN7O2/c1-13-8-28(21(31)22(13,12-24)15-2-3-15)20-19-17(23)7-26-30(19)10-18(27-20)14-6-25-29(9-14)16-4-5-32-11-16/h6-7,9-10,13,15-16H,2-5,8,11H2,1H3/t13-,16?,22+/m1/s1. The Kier molecular flexibility index (Phi) is 4.14. The number of ether oxygens (including phenoxy) is 1. The van der Waals surface area contributed by atoms with Gasteiger partial charge in [-0.25, -0.2) is 13.9 Å². The minimum absolute atomic E-state index is 0.0563. The largest absolute Gasteiger partial charge is 0.379 e. The monoisotopic (exact) mass is 435 g/mol. The number of amides is 1. The molecule has 2 aliphatic heterocycles. The molecule has 1 saturated carbocycles. The van der Waals surface area contributed by atoms with Gasteiger partial charge < -0.3 is 4.74 Å². The van der Waals surface area contributed by atoms with Gasteiger partial charge in [-0.1, -0.05) is 6.92 Å². The second kappa shape index (κ2) is 6.84. The summed E-state index contributed by atoms with van der Waals surface area (Å²) in [6, 6.07) is 2.49. The van der Waals surface area contributed by atoms with Crippen molar-refractivity contribution in [3.63, 3.8) is 0 Å². The molecule has 3 fully saturated rings. The molecular formula is C22H22FN7O2. The normalized spacial score (nSPS) is 28.0. The van der Waals surface area contributed by atoms with Gasteiger partial charge in [0.05, 0.1) is 43.0 Å². The first-order valence-corrected chi connectivity index (χ1v) is 10.9. The topological polar surface area (TPSA) is 101 Å². The van der Waals surface area contributed by atoms with Crippen LogP contribution in [0.2, 0.25) is 0 Å². The number of hydrogen-bond donors (Lipinski definition) is 0. The number of carbonyl (C=O) groups excluding carboxylic acids is 1. The molecule has 10 heteroatoms. The molecule has 0 radical (unpaired) electrons. The van der Waals surface area contributed by atoms with Crippen LogP contribution < -0.4 is 4.90 Å². The molecule has 3 atom stereocenters. The second-order valence-electron chi connectivity index (χ2n) is 9.03. The number of hydrogen-bond acceptors (Lipinski definition) is 6. The van der Waals surface area contributed by atoms with Gasteiger partial charge in [0.2, 0.25) is 5.91 Å². The Hall–Kier alpha value is -3.32. The summed E-state index contributed by atoms with van der Waals surface area (Å²) in [5.41, 5.74) is 0.334. The van der Waals surface area contributed by atoms with E-state index in [9.17, 15) is 14.4 Å². The number of halogens is 1. The zero-order valence-corrected chi connectivity index (χ0v) is 17.6. The van der Waals surface area contributed by atoms with Crippen LogP contribution in [0.1, 0.15) is 32.2 Å². The molecule has 164 valence electrons. The molecule has 9 nitrogen and oxygen atoms in total. The Morgan fingerprint density at radius 2 is 2.09 bits per heavy atom. The van der Waals surface area contributed by atoms with Crippen LogP contribution in [0.25, 0.3) is 16.8 Å². The van der Waals surface area contributed by atoms with Crippen LogP contribution in [0.4, 0.5) is 10.2 Å². The predicted molar refractivity (Wildman–Crippen MR) is 111 cm³/mol. The summed E-state index contributed by atoms with van der Waals surface area (Å²) >= 11 is 0. The molecule has 1 aliphatic carbocycles. The van der Waals surface area contributed by atoms with Crippen LogP contribution in [0.5, 0.6) is 0 Å². The van der Waals surface area contributed by atoms with E-state index >= 15 is 0 Å². The summed E-state index contributed by atoms with van der Waals surface area (Å²) in [4.78, 5) is 19.7. The molecule has 32 heavy (non-hydrogen) atoms. The molecule has 3 aromatic heterocycles. The fourth-order valence-corrected chi connectivity index (χ4v) is 5.17. The highest BCUT2D eigenvalue weighted by Crippen LogP contribution is 2.54. The van der Waals surface area contributed by atoms with Crippen molar-refractivity contribution in [2.45, 2.75) is 32.2 Å². The lowest BCUT2D eigenvalue weighted by Crippen LogP contribution is -2.37. The van der Waals surface area contributed by atoms with Crippen molar-refractivity contribution >= 4 is 17.2 Å². The maximum Gasteiger partial charge on any atom is 0.249 e. The highest BCUT2D eigenvalue weighted by atomic mass is 19.1. The van der Waals surface area contributed by atoms with E-state index in [1.807, 2.05) is 17.8 Å². The first kappa shape index (κ1) is 19.4. The van der Waals surface area contributed by atoms with Crippen LogP contribution in [0.3, 0.4) is 0 Å². The Bertz CT molecular complexity index is 1270. The lowest BCUT2D eigenvalue weighted by molar-refractivity contribution is -0.124. The van der Waals surface area contributed by atoms with Crippen LogP contribution in [0.15, 0.2) is 24.8 Å². The Balaban J connectivity index is 1.45. The van der Waals surface area contributed by atoms with Gasteiger partial charge in [-0.05, 0) is 25.2 Å². The maximum absolute atomic E-state index is 14.7. The van der Waals surface area contributed by atoms with E-state index in [0.717, 1.165) is 31.0 Å². The average Bonchev–Trinajstić information content (AvgIpc) is 3.17. The summed E-state index contributed by atoms with van der Waals surface area (Å²) in [6.07, 6.45) is 8.96. The number of aromatic nitrogens is 5. The summed E-state index contributed by atoms with van der Waals surface area (Å²) in [7, 11) is 0. The fourth-order valence-electron chi connectivity index (χ4n) is 5.17. The van der Waals surface area contributed by atoms with Gasteiger partial charge >= 0.3 is 0 Å². The highest BCUT2D eigenvalue weighted by Gasteiger charge is 2.61. The predicted octanol–water partition coefficient (Wildman–Crippen LogP) is 2.60. The van der Waals surface area contributed by atoms with Crippen LogP contribution >= 0.6 is 0 Å². The van der Waals surface area contributed by atoms with Crippen molar-refractivity contribution in [1.29, 1.82) is 5.26 Å². The molecule has 1 unspecified atom stereocenters. The van der Waals surface area contributed by atoms with E-state index < -0.39 is 11.2 Å². The van der Waals surface area contributed by atoms with E-state index in [2.05, 4.69) is 16.3 Å². The van der Waals surface area contributed by atoms with Crippen molar-refractivity contribution in [2.75, 3.05) is 24.7 Å². The smallest absolute Gasteiger partial charge is 0.249 e. The van der Waals surface area contributed by atoms with Crippen molar-refractivity contribution in [2.24, 2.45) is 17.3 Å². The number of fused-ring (bicyclic) bond motifs is 1. The number of nitrogens with zero attached hydrogens (tertiary/aromatic N) is 7. The number of rotatable bonds is 4. The van der Waals surface area contributed by atoms with E-state index in [0.29, 0.717) is 25.5 Å². The van der Waals surface area contributed by atoms with E-state index in [1.54, 1.807) is 12.4 Å². The summed E-state index contributed by atoms with van der Waals surface area (Å²) in [5, 5.41) is 18.5. The van der Waals surface area contributed by atoms with Crippen LogP contribution in [-0.4, -0.2) is 50.0 Å². The third kappa shape index (κ3) is 2.64. The Morgan fingerprint density at radius 1 is 1.25 bits per heavy atom. The molecule has 0 N–H and O–H groups in total. The van der Waals surface area contributed by atoms with Crippen LogP contribution in [0, 0.1) is 34.4 Å². The molecular weight excluding hydrogens is 413 g/mol. The van der Waals surface area contributed by atoms with Gasteiger partial charge in [-0.2, -0.15) is 15.5 Å². The zero-order chi connectivity index (χ0) is 22.0. The van der Waals surface area contributed by atoms with Crippen LogP contribution in [-0.2, 0) is 9.53 Å². The van der Waals surface area contributed by atoms with Crippen molar-refractivity contribution < 1.29 is 13.9 Å². The highest BCUT2D eigenvalue weighted by molar-refractivity contribution is 6.04. The Labute approximate surface area is 183 Å². The molecule has 1 amide bonds. The minimum Gasteiger partial charge on any atom is -0.379 e. The van der Waals surface area contributed by atoms with Gasteiger partial charge in [0.15, 0.2) is 11.6 Å². The quantitative estimate of drug-likeness (QED) is 0.624. The van der Waals surface area contributed by atoms with Crippen molar-refractivity contribution in [3.8, 4) is 17.3 Å². The molecule has 5 heterocycles. The van der Waals surface area contributed by atoms with E-state index in [4.69, 9.17) is 9.72 Å². The average molecular weight is 435 g/mol. The molecule has 6 rings (SSSR count). The van der Waals surface area contributed by atoms with Gasteiger partial charge in [-0.15, -0.1) is 0 Å². The lowest BCUT2D eigenvalue weighted by atomic mass is 9.75. The molecule has 0 bridgehead atoms. The number of anilines is 1. The first-order valence-electron chi connectivity index (χ1n) is 10.9. The minimum atomic E-state index is -1.07. The number of carbonyl (C=O) groups is 1. The third-order valence-corrected chi connectivity index (χ3v) is 7.11. The van der Waals surface area contributed by atoms with Crippen molar-refractivity contribution in [3.05, 3.63) is 30.6 Å². The van der Waals surface area contributed by atoms with E-state index in [-0.39, 0.29) is 35.1 Å². The second-order valence-corrected chi connectivity index (χ2v) is 9.03. The first-order chi connectivity index (χ1) is 15.5. The molecule has 3 aliphatic rings. The van der Waals surface area contributed by atoms with Gasteiger partial charge in [-0.3, -0.25) is 14.4 Å². The number of nitriles is 1. The lowest BCUT2D eigenvalue weighted by Gasteiger charge is -2.23. The third-order valence-electron chi connectivity index (χ3n) is 7.11. The van der Waals surface area contributed by atoms with Gasteiger partial charge in [0.1, 0.15) is 10.9 Å². The summed E-state index contributed by atoms with van der Waals surface area (Å²) in [6.45, 7) is 3.55. The molecule has 2 saturated heterocycles. The summed E-state index contributed by atoms with van der Waals surface area (Å²) in [5.74, 6) is -0.765. The van der Waals surface area contributed by atoms with Crippen molar-refractivity contribution in [1.82, 2.24) is 24.4 Å². The summed E-state index contributed by atoms with van der Waals surface area (Å²) < 4.78 is 23.4. The van der Waals surface area contributed by atoms with E-state index in [1.165, 1.54) is 9.42 Å². The molecule has 3 aromatic rings. The molecule has 0 spiro atoms. The fraction of sp³-hybridized carbons (Fsp3) is 0.500. The SMILES string of the molecule is C[C@@H]1CN(c2nc(-c3cnn(C4CCOC4)c3)cn3ncc(F)c23)C(=O)[C@]1(C#N)C1CC1.